The summed E-state index contributed by atoms with van der Waals surface area (Å²) in [5, 5.41) is 14.4. The third-order valence-corrected chi connectivity index (χ3v) is 5.17. The Morgan fingerprint density at radius 3 is 2.61 bits per heavy atom. The van der Waals surface area contributed by atoms with Gasteiger partial charge >= 0.3 is 0 Å². The lowest BCUT2D eigenvalue weighted by Crippen LogP contribution is -2.45. The Kier molecular flexibility index (Phi) is 6.47. The van der Waals surface area contributed by atoms with Crippen molar-refractivity contribution in [2.24, 2.45) is 0 Å². The fourth-order valence-electron chi connectivity index (χ4n) is 3.11. The van der Waals surface area contributed by atoms with Crippen LogP contribution in [0.5, 0.6) is 5.75 Å². The van der Waals surface area contributed by atoms with Crippen molar-refractivity contribution in [3.05, 3.63) is 92.8 Å². The number of hydrogen-bond acceptors (Lipinski definition) is 3. The molecule has 146 valence electrons. The van der Waals surface area contributed by atoms with Gasteiger partial charge in [0.05, 0.1) is 18.7 Å². The molecule has 0 amide bonds. The van der Waals surface area contributed by atoms with Gasteiger partial charge in [0.25, 0.3) is 0 Å². The molecule has 1 aliphatic heterocycles. The van der Waals surface area contributed by atoms with E-state index in [-0.39, 0.29) is 6.54 Å². The number of rotatable bonds is 6. The lowest BCUT2D eigenvalue weighted by Gasteiger charge is -2.44. The van der Waals surface area contributed by atoms with E-state index in [0.29, 0.717) is 34.4 Å². The van der Waals surface area contributed by atoms with E-state index in [0.717, 1.165) is 16.9 Å². The number of nitrogen functional groups attached to an aromatic ring is 1. The number of methoxy groups -OCH3 is 1. The van der Waals surface area contributed by atoms with Crippen molar-refractivity contribution < 1.29 is 9.38 Å². The number of hydrogen-bond donors (Lipinski definition) is 1. The van der Waals surface area contributed by atoms with Crippen LogP contribution in [0, 0.1) is 5.21 Å². The molecule has 0 saturated heterocycles. The first-order valence-corrected chi connectivity index (χ1v) is 9.66. The molecule has 3 rings (SSSR count). The summed E-state index contributed by atoms with van der Waals surface area (Å²) < 4.78 is 4.63. The first kappa shape index (κ1) is 20.5. The molecule has 2 aromatic rings. The Balaban J connectivity index is 1.84. The van der Waals surface area contributed by atoms with Crippen LogP contribution in [0.25, 0.3) is 6.08 Å². The van der Waals surface area contributed by atoms with Crippen LogP contribution < -0.4 is 10.5 Å². The number of benzene rings is 2. The zero-order valence-corrected chi connectivity index (χ0v) is 17.1. The van der Waals surface area contributed by atoms with Crippen LogP contribution >= 0.6 is 23.2 Å². The quantitative estimate of drug-likeness (QED) is 0.387. The molecular formula is C22H22Cl2N2O2. The second kappa shape index (κ2) is 8.84. The zero-order chi connectivity index (χ0) is 20.1. The SMILES string of the molecule is COc1cccc(/C=C/C2=C(Cl)C=C(Cl)C[N+]2([O-])CCc2ccc(N)cc2)c1. The largest absolute Gasteiger partial charge is 0.627 e. The van der Waals surface area contributed by atoms with Crippen molar-refractivity contribution in [1.29, 1.82) is 0 Å². The summed E-state index contributed by atoms with van der Waals surface area (Å²) >= 11 is 12.6. The average molecular weight is 417 g/mol. The first-order valence-electron chi connectivity index (χ1n) is 8.91. The van der Waals surface area contributed by atoms with Crippen molar-refractivity contribution in [1.82, 2.24) is 0 Å². The number of nitrogens with zero attached hydrogens (tertiary/aromatic N) is 1. The molecule has 2 N–H and O–H groups in total. The molecular weight excluding hydrogens is 395 g/mol. The van der Waals surface area contributed by atoms with Crippen molar-refractivity contribution in [3.8, 4) is 5.75 Å². The molecule has 1 heterocycles. The van der Waals surface area contributed by atoms with E-state index in [4.69, 9.17) is 33.7 Å². The molecule has 1 atom stereocenters. The number of hydroxylamine groups is 3. The predicted octanol–water partition coefficient (Wildman–Crippen LogP) is 5.43. The van der Waals surface area contributed by atoms with Gasteiger partial charge in [0.2, 0.25) is 0 Å². The van der Waals surface area contributed by atoms with Gasteiger partial charge in [-0.05, 0) is 47.5 Å². The van der Waals surface area contributed by atoms with Crippen LogP contribution in [-0.4, -0.2) is 24.8 Å². The number of halogens is 2. The molecule has 6 heteroatoms. The average Bonchev–Trinajstić information content (AvgIpc) is 2.67. The second-order valence-corrected chi connectivity index (χ2v) is 7.59. The summed E-state index contributed by atoms with van der Waals surface area (Å²) in [6.07, 6.45) is 5.87. The van der Waals surface area contributed by atoms with E-state index < -0.39 is 4.65 Å². The fourth-order valence-corrected chi connectivity index (χ4v) is 3.82. The highest BCUT2D eigenvalue weighted by Crippen LogP contribution is 2.33. The Morgan fingerprint density at radius 1 is 1.14 bits per heavy atom. The van der Waals surface area contributed by atoms with Crippen LogP contribution in [0.1, 0.15) is 11.1 Å². The van der Waals surface area contributed by atoms with Gasteiger partial charge in [-0.2, -0.15) is 0 Å². The van der Waals surface area contributed by atoms with Crippen molar-refractivity contribution in [2.45, 2.75) is 6.42 Å². The molecule has 0 aliphatic carbocycles. The van der Waals surface area contributed by atoms with Crippen LogP contribution in [0.2, 0.25) is 0 Å². The number of quaternary nitrogens is 1. The lowest BCUT2D eigenvalue weighted by atomic mass is 10.1. The summed E-state index contributed by atoms with van der Waals surface area (Å²) in [5.41, 5.74) is 8.88. The van der Waals surface area contributed by atoms with Crippen LogP contribution in [0.15, 0.2) is 76.4 Å². The Bertz CT molecular complexity index is 936. The van der Waals surface area contributed by atoms with Crippen LogP contribution in [0.3, 0.4) is 0 Å². The zero-order valence-electron chi connectivity index (χ0n) is 15.6. The number of anilines is 1. The summed E-state index contributed by atoms with van der Waals surface area (Å²) in [4.78, 5) is 0. The molecule has 0 radical (unpaired) electrons. The number of allylic oxidation sites excluding steroid dienone is 3. The van der Waals surface area contributed by atoms with E-state index in [1.165, 1.54) is 0 Å². The van der Waals surface area contributed by atoms with Gasteiger partial charge in [0, 0.05) is 18.2 Å². The Morgan fingerprint density at radius 2 is 1.89 bits per heavy atom. The van der Waals surface area contributed by atoms with Crippen molar-refractivity contribution >= 4 is 35.0 Å². The topological polar surface area (TPSA) is 58.3 Å². The Hall–Kier alpha value is -2.24. The van der Waals surface area contributed by atoms with Crippen molar-refractivity contribution in [2.75, 3.05) is 25.9 Å². The van der Waals surface area contributed by atoms with E-state index in [2.05, 4.69) is 0 Å². The minimum absolute atomic E-state index is 0.157. The number of ether oxygens (including phenoxy) is 1. The smallest absolute Gasteiger partial charge is 0.152 e. The summed E-state index contributed by atoms with van der Waals surface area (Å²) in [6.45, 7) is 0.479. The lowest BCUT2D eigenvalue weighted by molar-refractivity contribution is -0.834. The third-order valence-electron chi connectivity index (χ3n) is 4.64. The molecule has 1 unspecified atom stereocenters. The maximum absolute atomic E-state index is 13.6. The van der Waals surface area contributed by atoms with Gasteiger partial charge in [0.1, 0.15) is 17.3 Å². The van der Waals surface area contributed by atoms with Crippen molar-refractivity contribution in [3.63, 3.8) is 0 Å². The molecule has 0 spiro atoms. The van der Waals surface area contributed by atoms with Crippen LogP contribution in [0.4, 0.5) is 5.69 Å². The normalized spacial score (nSPS) is 19.8. The standard InChI is InChI=1S/C22H22Cl2N2O2/c1-28-20-4-2-3-17(13-20)7-10-22-21(24)14-18(23)15-26(22,27)12-11-16-5-8-19(25)9-6-16/h2-10,13-14H,11-12,15,25H2,1H3/b10-7+. The fraction of sp³-hybridized carbons (Fsp3) is 0.182. The maximum atomic E-state index is 13.6. The molecule has 4 nitrogen and oxygen atoms in total. The van der Waals surface area contributed by atoms with E-state index in [1.54, 1.807) is 19.3 Å². The van der Waals surface area contributed by atoms with Gasteiger partial charge in [-0.1, -0.05) is 47.5 Å². The summed E-state index contributed by atoms with van der Waals surface area (Å²) in [6, 6.07) is 15.1. The van der Waals surface area contributed by atoms with E-state index in [1.807, 2.05) is 54.6 Å². The summed E-state index contributed by atoms with van der Waals surface area (Å²) in [7, 11) is 1.62. The predicted molar refractivity (Wildman–Crippen MR) is 117 cm³/mol. The molecule has 0 aromatic heterocycles. The molecule has 1 aliphatic rings. The van der Waals surface area contributed by atoms with Gasteiger partial charge in [-0.15, -0.1) is 0 Å². The maximum Gasteiger partial charge on any atom is 0.152 e. The molecule has 0 saturated carbocycles. The van der Waals surface area contributed by atoms with Crippen LogP contribution in [-0.2, 0) is 6.42 Å². The second-order valence-electron chi connectivity index (χ2n) is 6.70. The number of nitrogens with two attached hydrogens (primary N) is 1. The minimum Gasteiger partial charge on any atom is -0.627 e. The van der Waals surface area contributed by atoms with Gasteiger partial charge in [-0.25, -0.2) is 0 Å². The highest BCUT2D eigenvalue weighted by atomic mass is 35.5. The summed E-state index contributed by atoms with van der Waals surface area (Å²) in [5.74, 6) is 0.750. The highest BCUT2D eigenvalue weighted by molar-refractivity contribution is 6.35. The molecule has 2 aromatic carbocycles. The molecule has 0 fully saturated rings. The van der Waals surface area contributed by atoms with Gasteiger partial charge in [-0.3, -0.25) is 0 Å². The first-order chi connectivity index (χ1) is 13.4. The van der Waals surface area contributed by atoms with Gasteiger partial charge < -0.3 is 20.3 Å². The molecule has 28 heavy (non-hydrogen) atoms. The Labute approximate surface area is 175 Å². The van der Waals surface area contributed by atoms with E-state index >= 15 is 0 Å². The third kappa shape index (κ3) is 4.97. The molecule has 0 bridgehead atoms. The highest BCUT2D eigenvalue weighted by Gasteiger charge is 2.29. The monoisotopic (exact) mass is 416 g/mol. The minimum atomic E-state index is -0.612. The van der Waals surface area contributed by atoms with Gasteiger partial charge in [0.15, 0.2) is 5.70 Å². The van der Waals surface area contributed by atoms with E-state index in [9.17, 15) is 5.21 Å².